The van der Waals surface area contributed by atoms with Crippen LogP contribution in [0.15, 0.2) is 95.8 Å². The largest absolute Gasteiger partial charge is 0.457 e. The minimum absolute atomic E-state index is 0.00216. The van der Waals surface area contributed by atoms with E-state index in [1.807, 2.05) is 65.6 Å². The van der Waals surface area contributed by atoms with E-state index in [9.17, 15) is 4.79 Å². The molecule has 1 atom stereocenters. The molecule has 0 radical (unpaired) electrons. The lowest BCUT2D eigenvalue weighted by atomic mass is 9.93. The normalized spacial score (nSPS) is 17.5. The Balaban J connectivity index is 0.00000155. The lowest BCUT2D eigenvalue weighted by Crippen LogP contribution is -2.35. The molecule has 42 heavy (non-hydrogen) atoms. The predicted molar refractivity (Wildman–Crippen MR) is 173 cm³/mol. The van der Waals surface area contributed by atoms with Crippen molar-refractivity contribution in [3.63, 3.8) is 0 Å². The van der Waals surface area contributed by atoms with E-state index in [4.69, 9.17) is 20.9 Å². The van der Waals surface area contributed by atoms with E-state index in [2.05, 4.69) is 31.1 Å². The van der Waals surface area contributed by atoms with Gasteiger partial charge in [-0.05, 0) is 68.8 Å². The Kier molecular flexibility index (Phi) is 13.0. The summed E-state index contributed by atoms with van der Waals surface area (Å²) in [4.78, 5) is 19.4. The number of benzene rings is 2. The Labute approximate surface area is 250 Å². The molecule has 2 fully saturated rings. The first-order valence-corrected chi connectivity index (χ1v) is 14.9. The smallest absolute Gasteiger partial charge is 0.246 e. The first-order chi connectivity index (χ1) is 20.4. The fraction of sp³-hybridized carbons (Fsp3) is 0.382. The number of allylic oxidation sites excluding steroid dienone is 1. The van der Waals surface area contributed by atoms with Crippen molar-refractivity contribution in [2.45, 2.75) is 65.0 Å². The van der Waals surface area contributed by atoms with Crippen LogP contribution >= 0.6 is 0 Å². The molecular formula is C34H46N6O2. The van der Waals surface area contributed by atoms with E-state index in [1.165, 1.54) is 31.9 Å². The minimum atomic E-state index is -0.110. The number of carbonyl (C=O) groups excluding carboxylic acids is 1. The van der Waals surface area contributed by atoms with Crippen LogP contribution in [0.25, 0.3) is 0 Å². The van der Waals surface area contributed by atoms with Crippen LogP contribution in [0.5, 0.6) is 11.5 Å². The molecule has 224 valence electrons. The highest BCUT2D eigenvalue weighted by Gasteiger charge is 2.26. The fourth-order valence-corrected chi connectivity index (χ4v) is 4.57. The maximum Gasteiger partial charge on any atom is 0.246 e. The number of rotatable bonds is 11. The van der Waals surface area contributed by atoms with Crippen LogP contribution in [0.3, 0.4) is 0 Å². The topological polar surface area (TPSA) is 116 Å². The van der Waals surface area contributed by atoms with Gasteiger partial charge in [-0.3, -0.25) is 15.2 Å². The Morgan fingerprint density at radius 2 is 1.79 bits per heavy atom. The number of hydrogen-bond acceptors (Lipinski definition) is 6. The van der Waals surface area contributed by atoms with Crippen LogP contribution < -0.4 is 21.1 Å². The quantitative estimate of drug-likeness (QED) is 0.152. The molecule has 5 N–H and O–H groups in total. The lowest BCUT2D eigenvalue weighted by Gasteiger charge is -2.25. The molecule has 1 unspecified atom stereocenters. The zero-order valence-corrected chi connectivity index (χ0v) is 25.2. The average molecular weight is 571 g/mol. The van der Waals surface area contributed by atoms with E-state index in [-0.39, 0.29) is 17.7 Å². The van der Waals surface area contributed by atoms with Crippen molar-refractivity contribution in [1.29, 1.82) is 5.41 Å². The van der Waals surface area contributed by atoms with Gasteiger partial charge in [0.1, 0.15) is 17.3 Å². The molecule has 1 saturated heterocycles. The highest BCUT2D eigenvalue weighted by atomic mass is 16.5. The van der Waals surface area contributed by atoms with E-state index < -0.39 is 0 Å². The standard InChI is InChI=1S/C31H38N6O2.C3H8/c1-3-34-31(36-25-18-20-37(21-25)28(38)13-8-19-35-24-9-7-10-24)29(22(2)32)30(33)23-14-16-27(17-15-23)39-26-11-5-4-6-12-26;1-3-2/h3-6,8,11-17,24-25,33,35H,1,7,9-10,18-21,32H2,2H3,(H,34,36);3H2,1-2H3/b13-8+,29-22+,33-30?;. The van der Waals surface area contributed by atoms with Crippen LogP contribution in [0.2, 0.25) is 0 Å². The second-order valence-electron chi connectivity index (χ2n) is 10.6. The second-order valence-corrected chi connectivity index (χ2v) is 10.6. The van der Waals surface area contributed by atoms with Crippen LogP contribution in [0.4, 0.5) is 0 Å². The number of hydrogen-bond donors (Lipinski definition) is 4. The van der Waals surface area contributed by atoms with Gasteiger partial charge in [-0.2, -0.15) is 0 Å². The molecule has 0 bridgehead atoms. The van der Waals surface area contributed by atoms with Gasteiger partial charge in [-0.1, -0.05) is 57.5 Å². The van der Waals surface area contributed by atoms with E-state index in [0.717, 1.165) is 12.2 Å². The number of likely N-dealkylation sites (tertiary alicyclic amines) is 1. The van der Waals surface area contributed by atoms with E-state index in [0.29, 0.717) is 54.1 Å². The first kappa shape index (κ1) is 32.3. The molecule has 1 aliphatic carbocycles. The van der Waals surface area contributed by atoms with Gasteiger partial charge in [0.15, 0.2) is 0 Å². The maximum absolute atomic E-state index is 12.7. The molecule has 1 heterocycles. The fourth-order valence-electron chi connectivity index (χ4n) is 4.57. The maximum atomic E-state index is 12.7. The van der Waals surface area contributed by atoms with E-state index >= 15 is 0 Å². The second kappa shape index (κ2) is 16.9. The summed E-state index contributed by atoms with van der Waals surface area (Å²) in [7, 11) is 0. The molecule has 8 nitrogen and oxygen atoms in total. The molecule has 1 aliphatic heterocycles. The van der Waals surface area contributed by atoms with Gasteiger partial charge in [-0.25, -0.2) is 0 Å². The zero-order valence-electron chi connectivity index (χ0n) is 25.2. The molecule has 1 amide bonds. The summed E-state index contributed by atoms with van der Waals surface area (Å²) in [6.07, 6.45) is 10.8. The van der Waals surface area contributed by atoms with Crippen LogP contribution in [-0.2, 0) is 4.79 Å². The van der Waals surface area contributed by atoms with Crippen molar-refractivity contribution >= 4 is 17.5 Å². The minimum Gasteiger partial charge on any atom is -0.457 e. The summed E-state index contributed by atoms with van der Waals surface area (Å²) >= 11 is 0. The molecule has 8 heteroatoms. The van der Waals surface area contributed by atoms with Gasteiger partial charge in [-0.15, -0.1) is 0 Å². The van der Waals surface area contributed by atoms with Gasteiger partial charge in [0.05, 0.1) is 17.3 Å². The molecule has 2 aliphatic rings. The monoisotopic (exact) mass is 570 g/mol. The average Bonchev–Trinajstić information content (AvgIpc) is 3.42. The lowest BCUT2D eigenvalue weighted by molar-refractivity contribution is -0.125. The van der Waals surface area contributed by atoms with Gasteiger partial charge in [0.2, 0.25) is 5.91 Å². The summed E-state index contributed by atoms with van der Waals surface area (Å²) in [6, 6.07) is 17.3. The Hall–Kier alpha value is -4.17. The highest BCUT2D eigenvalue weighted by Crippen LogP contribution is 2.23. The third-order valence-corrected chi connectivity index (χ3v) is 6.92. The van der Waals surface area contributed by atoms with Crippen LogP contribution in [0.1, 0.15) is 58.4 Å². The molecule has 4 rings (SSSR count). The molecule has 2 aromatic rings. The third-order valence-electron chi connectivity index (χ3n) is 6.92. The summed E-state index contributed by atoms with van der Waals surface area (Å²) < 4.78 is 5.88. The Morgan fingerprint density at radius 3 is 2.38 bits per heavy atom. The van der Waals surface area contributed by atoms with Gasteiger partial charge in [0.25, 0.3) is 0 Å². The number of nitrogens with one attached hydrogen (secondary N) is 3. The number of ether oxygens (including phenoxy) is 1. The Bertz CT molecular complexity index is 1260. The number of nitrogens with two attached hydrogens (primary N) is 1. The zero-order chi connectivity index (χ0) is 30.3. The summed E-state index contributed by atoms with van der Waals surface area (Å²) in [6.45, 7) is 11.6. The van der Waals surface area contributed by atoms with Crippen molar-refractivity contribution in [1.82, 2.24) is 15.5 Å². The van der Waals surface area contributed by atoms with Gasteiger partial charge in [0, 0.05) is 43.0 Å². The van der Waals surface area contributed by atoms with Crippen molar-refractivity contribution in [2.75, 3.05) is 19.6 Å². The molecule has 2 aromatic carbocycles. The first-order valence-electron chi connectivity index (χ1n) is 14.9. The number of carbonyl (C=O) groups is 1. The molecule has 0 aromatic heterocycles. The summed E-state index contributed by atoms with van der Waals surface area (Å²) in [5.74, 6) is 1.89. The van der Waals surface area contributed by atoms with Crippen molar-refractivity contribution < 1.29 is 9.53 Å². The number of nitrogens with zero attached hydrogens (tertiary/aromatic N) is 2. The number of amides is 1. The predicted octanol–water partition coefficient (Wildman–Crippen LogP) is 5.93. The number of aliphatic imine (C=N–C) groups is 1. The highest BCUT2D eigenvalue weighted by molar-refractivity contribution is 6.29. The Morgan fingerprint density at radius 1 is 1.12 bits per heavy atom. The molecule has 0 spiro atoms. The van der Waals surface area contributed by atoms with E-state index in [1.54, 1.807) is 13.0 Å². The van der Waals surface area contributed by atoms with Crippen molar-refractivity contribution in [3.8, 4) is 11.5 Å². The third kappa shape index (κ3) is 9.73. The molecular weight excluding hydrogens is 524 g/mol. The molecule has 1 saturated carbocycles. The summed E-state index contributed by atoms with van der Waals surface area (Å²) in [5.41, 5.74) is 8.15. The number of amidine groups is 1. The van der Waals surface area contributed by atoms with Gasteiger partial charge >= 0.3 is 0 Å². The van der Waals surface area contributed by atoms with Crippen molar-refractivity contribution in [3.05, 3.63) is 96.4 Å². The van der Waals surface area contributed by atoms with Crippen LogP contribution in [-0.4, -0.2) is 54.1 Å². The van der Waals surface area contributed by atoms with Gasteiger partial charge < -0.3 is 26.0 Å². The van der Waals surface area contributed by atoms with Crippen LogP contribution in [0, 0.1) is 5.41 Å². The number of para-hydroxylation sites is 1. The SMILES string of the molecule is C=CNC(=NC1CCN(C(=O)/C=C/CNC2CCC2)C1)/C(C(=N)c1ccc(Oc2ccccc2)cc1)=C(\C)N.CCC. The summed E-state index contributed by atoms with van der Waals surface area (Å²) in [5, 5.41) is 15.4. The van der Waals surface area contributed by atoms with Crippen molar-refractivity contribution in [2.24, 2.45) is 10.7 Å².